The Kier molecular flexibility index (Phi) is 6.54. The summed E-state index contributed by atoms with van der Waals surface area (Å²) in [5, 5.41) is 0. The predicted molar refractivity (Wildman–Crippen MR) is 122 cm³/mol. The highest BCUT2D eigenvalue weighted by molar-refractivity contribution is 5.15. The van der Waals surface area contributed by atoms with Crippen LogP contribution in [0.2, 0.25) is 0 Å². The molecule has 0 nitrogen and oxygen atoms in total. The quantitative estimate of drug-likeness (QED) is 0.366. The zero-order chi connectivity index (χ0) is 20.0. The highest BCUT2D eigenvalue weighted by Gasteiger charge is 2.67. The molecule has 0 radical (unpaired) electrons. The Hall–Kier alpha value is 0. The highest BCUT2D eigenvalue weighted by Crippen LogP contribution is 2.73. The molecule has 7 rings (SSSR count). The second-order valence-corrected chi connectivity index (χ2v) is 11.5. The van der Waals surface area contributed by atoms with Crippen LogP contribution in [0.5, 0.6) is 0 Å². The fraction of sp³-hybridized carbons (Fsp3) is 1.00. The average molecular weight is 387 g/mol. The molecule has 7 aliphatic rings. The van der Waals surface area contributed by atoms with Gasteiger partial charge >= 0.3 is 0 Å². The van der Waals surface area contributed by atoms with E-state index in [1.54, 1.807) is 64.2 Å². The lowest BCUT2D eigenvalue weighted by molar-refractivity contribution is 0.0508. The number of hydrogen-bond acceptors (Lipinski definition) is 0. The maximum Gasteiger partial charge on any atom is -0.0318 e. The molecule has 0 aromatic rings. The van der Waals surface area contributed by atoms with Gasteiger partial charge in [-0.05, 0) is 122 Å². The smallest absolute Gasteiger partial charge is 0.0318 e. The molecule has 0 N–H and O–H groups in total. The zero-order valence-electron chi connectivity index (χ0n) is 20.0. The van der Waals surface area contributed by atoms with E-state index >= 15 is 0 Å². The first-order chi connectivity index (χ1) is 13.7. The minimum atomic E-state index is 1.08. The fourth-order valence-electron chi connectivity index (χ4n) is 10.2. The first-order valence-electron chi connectivity index (χ1n) is 13.7. The maximum atomic E-state index is 2.55. The summed E-state index contributed by atoms with van der Waals surface area (Å²) in [4.78, 5) is 0. The number of hydrogen-bond donors (Lipinski definition) is 0. The molecule has 0 saturated heterocycles. The van der Waals surface area contributed by atoms with Crippen LogP contribution in [0.1, 0.15) is 106 Å². The molecule has 0 aliphatic heterocycles. The third kappa shape index (κ3) is 3.22. The third-order valence-corrected chi connectivity index (χ3v) is 10.8. The molecular weight excluding hydrogens is 336 g/mol. The van der Waals surface area contributed by atoms with Gasteiger partial charge in [-0.3, -0.25) is 0 Å². The second-order valence-electron chi connectivity index (χ2n) is 11.5. The Morgan fingerprint density at radius 2 is 1.14 bits per heavy atom. The average Bonchev–Trinajstić information content (AvgIpc) is 3.53. The topological polar surface area (TPSA) is 0 Å². The van der Waals surface area contributed by atoms with Crippen molar-refractivity contribution in [3.8, 4) is 0 Å². The van der Waals surface area contributed by atoms with Crippen molar-refractivity contribution < 1.29 is 0 Å². The van der Waals surface area contributed by atoms with E-state index in [0.717, 1.165) is 23.7 Å². The van der Waals surface area contributed by atoms with Crippen LogP contribution in [0.4, 0.5) is 0 Å². The Morgan fingerprint density at radius 3 is 1.68 bits per heavy atom. The first kappa shape index (κ1) is 21.2. The van der Waals surface area contributed by atoms with E-state index in [2.05, 4.69) is 13.8 Å². The van der Waals surface area contributed by atoms with Gasteiger partial charge < -0.3 is 0 Å². The lowest BCUT2D eigenvalue weighted by atomic mass is 9.62. The summed E-state index contributed by atoms with van der Waals surface area (Å²) >= 11 is 0. The first-order valence-corrected chi connectivity index (χ1v) is 13.7. The zero-order valence-corrected chi connectivity index (χ0v) is 20.0. The summed E-state index contributed by atoms with van der Waals surface area (Å²) in [6.07, 6.45) is 15.9. The van der Waals surface area contributed by atoms with E-state index in [1.165, 1.54) is 47.3 Å². The molecule has 7 saturated carbocycles. The summed E-state index contributed by atoms with van der Waals surface area (Å²) in [6, 6.07) is 0. The van der Waals surface area contributed by atoms with Gasteiger partial charge in [-0.15, -0.1) is 0 Å². The lowest BCUT2D eigenvalue weighted by Gasteiger charge is -2.42. The number of fused-ring (bicyclic) bond motifs is 14. The molecule has 0 aromatic heterocycles. The summed E-state index contributed by atoms with van der Waals surface area (Å²) in [6.45, 7) is 13.0. The minimum absolute atomic E-state index is 1.08. The lowest BCUT2D eigenvalue weighted by Crippen LogP contribution is -2.38. The van der Waals surface area contributed by atoms with Crippen LogP contribution in [-0.4, -0.2) is 0 Å². The van der Waals surface area contributed by atoms with Gasteiger partial charge in [0, 0.05) is 0 Å². The molecule has 12 atom stereocenters. The van der Waals surface area contributed by atoms with Crippen LogP contribution in [0.15, 0.2) is 0 Å². The van der Waals surface area contributed by atoms with Gasteiger partial charge in [0.2, 0.25) is 0 Å². The summed E-state index contributed by atoms with van der Waals surface area (Å²) in [5.41, 5.74) is 0. The van der Waals surface area contributed by atoms with E-state index in [0.29, 0.717) is 0 Å². The largest absolute Gasteiger partial charge is 0.0683 e. The highest BCUT2D eigenvalue weighted by atomic mass is 14.7. The van der Waals surface area contributed by atoms with Gasteiger partial charge in [0.25, 0.3) is 0 Å². The molecule has 6 bridgehead atoms. The van der Waals surface area contributed by atoms with Gasteiger partial charge in [-0.1, -0.05) is 54.4 Å². The number of rotatable bonds is 0. The van der Waals surface area contributed by atoms with Crippen LogP contribution in [-0.2, 0) is 0 Å². The van der Waals surface area contributed by atoms with Gasteiger partial charge in [-0.2, -0.15) is 0 Å². The summed E-state index contributed by atoms with van der Waals surface area (Å²) in [5.74, 6) is 14.1. The summed E-state index contributed by atoms with van der Waals surface area (Å²) in [7, 11) is 0. The second kappa shape index (κ2) is 8.63. The Bertz CT molecular complexity index is 506. The predicted octanol–water partition coefficient (Wildman–Crippen LogP) is 8.46. The molecular formula is C28H50. The van der Waals surface area contributed by atoms with Gasteiger partial charge in [-0.25, -0.2) is 0 Å². The molecule has 12 unspecified atom stereocenters. The summed E-state index contributed by atoms with van der Waals surface area (Å²) < 4.78 is 0. The van der Waals surface area contributed by atoms with Crippen molar-refractivity contribution >= 4 is 0 Å². The van der Waals surface area contributed by atoms with E-state index in [4.69, 9.17) is 0 Å². The van der Waals surface area contributed by atoms with Crippen molar-refractivity contribution in [3.05, 3.63) is 0 Å². The van der Waals surface area contributed by atoms with Crippen LogP contribution in [0.25, 0.3) is 0 Å². The standard InChI is InChI=1S/C16H24.C8H14.2C2H6/c1-8-5-9-6-12(8)16-14-7-13(15(9)16)10-3-2-4-11(10)14;1-6-4-7-2-3-8(6)5-7;2*1-2/h8-16H,2-7H2,1H3;6-8H,2-5H2,1H3;2*1-2H3. The van der Waals surface area contributed by atoms with Crippen molar-refractivity contribution in [1.82, 2.24) is 0 Å². The molecule has 162 valence electrons. The van der Waals surface area contributed by atoms with Crippen LogP contribution in [0.3, 0.4) is 0 Å². The molecule has 7 fully saturated rings. The van der Waals surface area contributed by atoms with Crippen molar-refractivity contribution in [3.63, 3.8) is 0 Å². The maximum absolute atomic E-state index is 2.55. The van der Waals surface area contributed by atoms with E-state index in [9.17, 15) is 0 Å². The third-order valence-electron chi connectivity index (χ3n) is 10.8. The Balaban J connectivity index is 0.000000136. The van der Waals surface area contributed by atoms with E-state index in [1.807, 2.05) is 27.7 Å². The molecule has 0 amide bonds. The van der Waals surface area contributed by atoms with Crippen molar-refractivity contribution in [1.29, 1.82) is 0 Å². The van der Waals surface area contributed by atoms with Crippen molar-refractivity contribution in [2.75, 3.05) is 0 Å². The normalized spacial score (nSPS) is 55.5. The van der Waals surface area contributed by atoms with E-state index in [-0.39, 0.29) is 0 Å². The Labute approximate surface area is 177 Å². The van der Waals surface area contributed by atoms with Crippen molar-refractivity contribution in [2.24, 2.45) is 71.0 Å². The molecule has 0 heterocycles. The molecule has 28 heavy (non-hydrogen) atoms. The monoisotopic (exact) mass is 386 g/mol. The Morgan fingerprint density at radius 1 is 0.464 bits per heavy atom. The minimum Gasteiger partial charge on any atom is -0.0683 e. The molecule has 7 aliphatic carbocycles. The molecule has 0 spiro atoms. The van der Waals surface area contributed by atoms with Gasteiger partial charge in [0.15, 0.2) is 0 Å². The van der Waals surface area contributed by atoms with Crippen LogP contribution in [0, 0.1) is 71.0 Å². The van der Waals surface area contributed by atoms with E-state index < -0.39 is 0 Å². The van der Waals surface area contributed by atoms with Gasteiger partial charge in [0.1, 0.15) is 0 Å². The fourth-order valence-corrected chi connectivity index (χ4v) is 10.2. The van der Waals surface area contributed by atoms with Crippen molar-refractivity contribution in [2.45, 2.75) is 106 Å². The molecule has 0 aromatic carbocycles. The molecule has 0 heteroatoms. The van der Waals surface area contributed by atoms with Crippen LogP contribution < -0.4 is 0 Å². The SMILES string of the molecule is CC.CC.CC1CC2CC1C1C3CC(C4CCCC43)C21.CC1CC2CCC1C2. The van der Waals surface area contributed by atoms with Gasteiger partial charge in [0.05, 0.1) is 0 Å². The van der Waals surface area contributed by atoms with Crippen LogP contribution >= 0.6 is 0 Å².